The van der Waals surface area contributed by atoms with Gasteiger partial charge in [0.15, 0.2) is 9.84 Å². The first-order valence-electron chi connectivity index (χ1n) is 6.01. The number of sulfone groups is 1. The maximum Gasteiger partial charge on any atom is 0.155 e. The van der Waals surface area contributed by atoms with Crippen molar-refractivity contribution < 1.29 is 13.2 Å². The Balaban J connectivity index is 2.36. The summed E-state index contributed by atoms with van der Waals surface area (Å²) in [6.45, 7) is 1.92. The summed E-state index contributed by atoms with van der Waals surface area (Å²) < 4.78 is 29.3. The highest BCUT2D eigenvalue weighted by molar-refractivity contribution is 7.92. The van der Waals surface area contributed by atoms with Gasteiger partial charge in [-0.05, 0) is 5.56 Å². The summed E-state index contributed by atoms with van der Waals surface area (Å²) in [7, 11) is -1.61. The third kappa shape index (κ3) is 2.06. The number of rotatable bonds is 5. The van der Waals surface area contributed by atoms with E-state index in [4.69, 9.17) is 10.5 Å². The van der Waals surface area contributed by atoms with E-state index in [0.717, 1.165) is 5.56 Å². The van der Waals surface area contributed by atoms with Gasteiger partial charge < -0.3 is 10.5 Å². The van der Waals surface area contributed by atoms with Gasteiger partial charge in [0.2, 0.25) is 0 Å². The van der Waals surface area contributed by atoms with Crippen molar-refractivity contribution in [3.8, 4) is 0 Å². The summed E-state index contributed by atoms with van der Waals surface area (Å²) >= 11 is 0. The number of hydrogen-bond donors (Lipinski definition) is 1. The van der Waals surface area contributed by atoms with Gasteiger partial charge in [-0.15, -0.1) is 0 Å². The molecule has 100 valence electrons. The molecule has 2 N–H and O–H groups in total. The predicted molar refractivity (Wildman–Crippen MR) is 71.2 cm³/mol. The number of nitrogens with two attached hydrogens (primary N) is 1. The zero-order valence-corrected chi connectivity index (χ0v) is 11.5. The Morgan fingerprint density at radius 1 is 1.33 bits per heavy atom. The minimum atomic E-state index is -3.16. The average molecular weight is 269 g/mol. The summed E-state index contributed by atoms with van der Waals surface area (Å²) in [4.78, 5) is 0. The Labute approximate surface area is 108 Å². The maximum atomic E-state index is 12.1. The highest BCUT2D eigenvalue weighted by atomic mass is 32.2. The molecule has 4 nitrogen and oxygen atoms in total. The Hall–Kier alpha value is -0.910. The van der Waals surface area contributed by atoms with E-state index < -0.39 is 20.6 Å². The van der Waals surface area contributed by atoms with Gasteiger partial charge in [0.05, 0.1) is 17.4 Å². The van der Waals surface area contributed by atoms with E-state index in [-0.39, 0.29) is 18.3 Å². The molecule has 1 aromatic carbocycles. The van der Waals surface area contributed by atoms with Crippen molar-refractivity contribution in [2.75, 3.05) is 19.5 Å². The third-order valence-electron chi connectivity index (χ3n) is 3.64. The molecule has 1 aliphatic rings. The van der Waals surface area contributed by atoms with Crippen LogP contribution in [0.5, 0.6) is 0 Å². The lowest BCUT2D eigenvalue weighted by molar-refractivity contribution is 0.171. The molecule has 0 spiro atoms. The number of ether oxygens (including phenoxy) is 1. The maximum absolute atomic E-state index is 12.1. The van der Waals surface area contributed by atoms with Crippen LogP contribution in [-0.2, 0) is 14.6 Å². The van der Waals surface area contributed by atoms with Crippen LogP contribution in [-0.4, -0.2) is 38.7 Å². The van der Waals surface area contributed by atoms with Gasteiger partial charge >= 0.3 is 0 Å². The van der Waals surface area contributed by atoms with Crippen LogP contribution in [0.2, 0.25) is 0 Å². The summed E-state index contributed by atoms with van der Waals surface area (Å²) in [5.74, 6) is -0.0486. The van der Waals surface area contributed by atoms with E-state index in [1.807, 2.05) is 30.3 Å². The van der Waals surface area contributed by atoms with Crippen LogP contribution in [0.15, 0.2) is 30.3 Å². The molecule has 0 heterocycles. The zero-order chi connectivity index (χ0) is 13.4. The second-order valence-electron chi connectivity index (χ2n) is 4.81. The van der Waals surface area contributed by atoms with E-state index in [9.17, 15) is 8.42 Å². The van der Waals surface area contributed by atoms with Crippen molar-refractivity contribution in [3.05, 3.63) is 35.9 Å². The van der Waals surface area contributed by atoms with Crippen LogP contribution < -0.4 is 5.73 Å². The highest BCUT2D eigenvalue weighted by Crippen LogP contribution is 2.54. The highest BCUT2D eigenvalue weighted by Gasteiger charge is 2.68. The molecule has 2 rings (SSSR count). The normalized spacial score (nSPS) is 31.3. The van der Waals surface area contributed by atoms with Gasteiger partial charge in [-0.1, -0.05) is 37.3 Å². The van der Waals surface area contributed by atoms with Gasteiger partial charge in [0, 0.05) is 18.8 Å². The molecular weight excluding hydrogens is 250 g/mol. The predicted octanol–water partition coefficient (Wildman–Crippen LogP) is 0.931. The van der Waals surface area contributed by atoms with E-state index in [0.29, 0.717) is 0 Å². The summed E-state index contributed by atoms with van der Waals surface area (Å²) in [6.07, 6.45) is 0. The molecule has 0 unspecified atom stereocenters. The van der Waals surface area contributed by atoms with Crippen molar-refractivity contribution in [1.82, 2.24) is 0 Å². The monoisotopic (exact) mass is 269 g/mol. The molecule has 0 aliphatic heterocycles. The number of benzene rings is 1. The third-order valence-corrected chi connectivity index (χ3v) is 5.93. The van der Waals surface area contributed by atoms with Gasteiger partial charge in [0.1, 0.15) is 0 Å². The molecule has 3 atom stereocenters. The second kappa shape index (κ2) is 4.64. The second-order valence-corrected chi connectivity index (χ2v) is 7.22. The quantitative estimate of drug-likeness (QED) is 0.863. The van der Waals surface area contributed by atoms with Crippen LogP contribution in [0, 0.1) is 0 Å². The fraction of sp³-hybridized carbons (Fsp3) is 0.538. The van der Waals surface area contributed by atoms with Crippen LogP contribution in [0.3, 0.4) is 0 Å². The molecule has 0 bridgehead atoms. The molecule has 0 radical (unpaired) electrons. The summed E-state index contributed by atoms with van der Waals surface area (Å²) in [5.41, 5.74) is 6.42. The lowest BCUT2D eigenvalue weighted by atomic mass is 10.1. The van der Waals surface area contributed by atoms with Crippen molar-refractivity contribution in [2.24, 2.45) is 5.73 Å². The smallest absolute Gasteiger partial charge is 0.155 e. The van der Waals surface area contributed by atoms with Crippen LogP contribution in [0.4, 0.5) is 0 Å². The van der Waals surface area contributed by atoms with Crippen LogP contribution in [0.25, 0.3) is 0 Å². The van der Waals surface area contributed by atoms with E-state index in [1.165, 1.54) is 0 Å². The van der Waals surface area contributed by atoms with E-state index in [2.05, 4.69) is 0 Å². The molecule has 0 aromatic heterocycles. The minimum absolute atomic E-state index is 0.115. The van der Waals surface area contributed by atoms with E-state index in [1.54, 1.807) is 14.0 Å². The van der Waals surface area contributed by atoms with Gasteiger partial charge in [-0.25, -0.2) is 8.42 Å². The molecule has 1 fully saturated rings. The fourth-order valence-corrected chi connectivity index (χ4v) is 4.70. The Morgan fingerprint density at radius 3 is 2.44 bits per heavy atom. The lowest BCUT2D eigenvalue weighted by Crippen LogP contribution is -2.36. The first-order chi connectivity index (χ1) is 8.47. The first-order valence-corrected chi connectivity index (χ1v) is 7.73. The van der Waals surface area contributed by atoms with Crippen molar-refractivity contribution in [2.45, 2.75) is 23.6 Å². The molecule has 0 saturated heterocycles. The van der Waals surface area contributed by atoms with E-state index >= 15 is 0 Å². The standard InChI is InChI=1S/C13H19NO3S/c1-3-18(15,16)12-11(13(12,14)9-17-2)10-7-5-4-6-8-10/h4-8,11-12H,3,9,14H2,1-2H3/t11-,12-,13-/m0/s1. The SMILES string of the molecule is CCS(=O)(=O)[C@H]1[C@H](c2ccccc2)[C@@]1(N)COC. The topological polar surface area (TPSA) is 69.4 Å². The first kappa shape index (κ1) is 13.5. The fourth-order valence-electron chi connectivity index (χ4n) is 2.71. The van der Waals surface area contributed by atoms with Gasteiger partial charge in [-0.2, -0.15) is 0 Å². The molecule has 1 aliphatic carbocycles. The summed E-state index contributed by atoms with van der Waals surface area (Å²) in [6, 6.07) is 9.55. The summed E-state index contributed by atoms with van der Waals surface area (Å²) in [5, 5.41) is -0.530. The van der Waals surface area contributed by atoms with Gasteiger partial charge in [-0.3, -0.25) is 0 Å². The molecule has 5 heteroatoms. The van der Waals surface area contributed by atoms with Crippen molar-refractivity contribution in [1.29, 1.82) is 0 Å². The largest absolute Gasteiger partial charge is 0.383 e. The Kier molecular flexibility index (Phi) is 3.49. The molecular formula is C13H19NO3S. The number of methoxy groups -OCH3 is 1. The van der Waals surface area contributed by atoms with Crippen molar-refractivity contribution >= 4 is 9.84 Å². The minimum Gasteiger partial charge on any atom is -0.383 e. The van der Waals surface area contributed by atoms with Crippen LogP contribution in [0.1, 0.15) is 18.4 Å². The molecule has 1 aromatic rings. The number of hydrogen-bond acceptors (Lipinski definition) is 4. The van der Waals surface area contributed by atoms with Gasteiger partial charge in [0.25, 0.3) is 0 Å². The molecule has 1 saturated carbocycles. The Morgan fingerprint density at radius 2 is 1.94 bits per heavy atom. The lowest BCUT2D eigenvalue weighted by Gasteiger charge is -2.10. The van der Waals surface area contributed by atoms with Crippen LogP contribution >= 0.6 is 0 Å². The zero-order valence-electron chi connectivity index (χ0n) is 10.7. The van der Waals surface area contributed by atoms with Crippen molar-refractivity contribution in [3.63, 3.8) is 0 Å². The molecule has 0 amide bonds. The average Bonchev–Trinajstić information content (AvgIpc) is 2.98. The Bertz CT molecular complexity index is 514. The molecule has 18 heavy (non-hydrogen) atoms.